The van der Waals surface area contributed by atoms with Gasteiger partial charge in [0.05, 0.1) is 17.0 Å². The first-order chi connectivity index (χ1) is 12.4. The van der Waals surface area contributed by atoms with E-state index in [-0.39, 0.29) is 5.56 Å². The first kappa shape index (κ1) is 16.5. The number of fused-ring (bicyclic) bond motifs is 1. The lowest BCUT2D eigenvalue weighted by Gasteiger charge is -2.27. The molecule has 0 saturated carbocycles. The number of alkyl halides is 3. The molecule has 0 aromatic heterocycles. The Hall–Kier alpha value is -2.92. The summed E-state index contributed by atoms with van der Waals surface area (Å²) >= 11 is 0. The van der Waals surface area contributed by atoms with Crippen molar-refractivity contribution in [1.82, 2.24) is 0 Å². The van der Waals surface area contributed by atoms with Gasteiger partial charge in [-0.25, -0.2) is 4.99 Å². The van der Waals surface area contributed by atoms with Crippen LogP contribution in [0.5, 0.6) is 0 Å². The topological polar surface area (TPSA) is 32.6 Å². The molecule has 1 N–H and O–H groups in total. The molecule has 5 heteroatoms. The van der Waals surface area contributed by atoms with Gasteiger partial charge in [-0.2, -0.15) is 13.2 Å². The van der Waals surface area contributed by atoms with E-state index in [1.54, 1.807) is 48.5 Å². The van der Waals surface area contributed by atoms with Crippen LogP contribution in [0.2, 0.25) is 0 Å². The van der Waals surface area contributed by atoms with Crippen LogP contribution in [0, 0.1) is 0 Å². The van der Waals surface area contributed by atoms with Crippen LogP contribution in [0.4, 0.5) is 18.9 Å². The van der Waals surface area contributed by atoms with Crippen LogP contribution in [0.3, 0.4) is 0 Å². The second-order valence-corrected chi connectivity index (χ2v) is 6.13. The van der Waals surface area contributed by atoms with Gasteiger partial charge in [0.15, 0.2) is 5.60 Å². The van der Waals surface area contributed by atoms with Crippen LogP contribution >= 0.6 is 0 Å². The standard InChI is InChI=1S/C21H14F3NO/c22-21(23,24)16-10-6-9-15(13-16)20(26)17-11-4-5-12-18(17)25-19(20)14-7-2-1-3-8-14/h1-13,26H. The van der Waals surface area contributed by atoms with Crippen molar-refractivity contribution in [1.29, 1.82) is 0 Å². The third-order valence-corrected chi connectivity index (χ3v) is 4.52. The first-order valence-electron chi connectivity index (χ1n) is 8.05. The minimum Gasteiger partial charge on any atom is -0.374 e. The number of hydrogen-bond donors (Lipinski definition) is 1. The number of nitrogens with zero attached hydrogens (tertiary/aromatic N) is 1. The van der Waals surface area contributed by atoms with Gasteiger partial charge in [0, 0.05) is 5.56 Å². The second kappa shape index (κ2) is 5.81. The second-order valence-electron chi connectivity index (χ2n) is 6.13. The fourth-order valence-corrected chi connectivity index (χ4v) is 3.29. The number of para-hydroxylation sites is 1. The molecule has 4 rings (SSSR count). The summed E-state index contributed by atoms with van der Waals surface area (Å²) < 4.78 is 39.6. The van der Waals surface area contributed by atoms with Crippen LogP contribution in [-0.4, -0.2) is 10.8 Å². The van der Waals surface area contributed by atoms with E-state index in [0.717, 1.165) is 12.1 Å². The quantitative estimate of drug-likeness (QED) is 0.685. The molecule has 1 heterocycles. The molecule has 0 saturated heterocycles. The SMILES string of the molecule is OC1(c2cccc(C(F)(F)F)c2)C(c2ccccc2)=Nc2ccccc21. The lowest BCUT2D eigenvalue weighted by atomic mass is 9.80. The van der Waals surface area contributed by atoms with Gasteiger partial charge in [0.1, 0.15) is 0 Å². The van der Waals surface area contributed by atoms with Crippen molar-refractivity contribution in [2.45, 2.75) is 11.8 Å². The van der Waals surface area contributed by atoms with Gasteiger partial charge < -0.3 is 5.11 Å². The zero-order valence-electron chi connectivity index (χ0n) is 13.5. The summed E-state index contributed by atoms with van der Waals surface area (Å²) in [6, 6.07) is 20.7. The number of aliphatic hydroxyl groups is 1. The van der Waals surface area contributed by atoms with E-state index in [1.165, 1.54) is 12.1 Å². The van der Waals surface area contributed by atoms with Gasteiger partial charge in [-0.15, -0.1) is 0 Å². The molecule has 2 nitrogen and oxygen atoms in total. The summed E-state index contributed by atoms with van der Waals surface area (Å²) in [5.41, 5.74) is -0.425. The molecule has 1 atom stereocenters. The lowest BCUT2D eigenvalue weighted by Crippen LogP contribution is -2.35. The average molecular weight is 353 g/mol. The molecule has 1 unspecified atom stereocenters. The molecule has 130 valence electrons. The largest absolute Gasteiger partial charge is 0.416 e. The minimum absolute atomic E-state index is 0.139. The van der Waals surface area contributed by atoms with Crippen molar-refractivity contribution in [3.63, 3.8) is 0 Å². The smallest absolute Gasteiger partial charge is 0.374 e. The Bertz CT molecular complexity index is 995. The monoisotopic (exact) mass is 353 g/mol. The molecule has 1 aliphatic rings. The van der Waals surface area contributed by atoms with Gasteiger partial charge in [0.25, 0.3) is 0 Å². The molecular formula is C21H14F3NO. The molecule has 3 aromatic rings. The summed E-state index contributed by atoms with van der Waals surface area (Å²) in [6.07, 6.45) is -4.49. The lowest BCUT2D eigenvalue weighted by molar-refractivity contribution is -0.137. The molecule has 0 fully saturated rings. The Morgan fingerprint density at radius 2 is 1.50 bits per heavy atom. The Kier molecular flexibility index (Phi) is 3.70. The van der Waals surface area contributed by atoms with E-state index in [4.69, 9.17) is 0 Å². The van der Waals surface area contributed by atoms with E-state index in [0.29, 0.717) is 22.5 Å². The third kappa shape index (κ3) is 2.52. The summed E-state index contributed by atoms with van der Waals surface area (Å²) in [6.45, 7) is 0. The van der Waals surface area contributed by atoms with Gasteiger partial charge in [0.2, 0.25) is 0 Å². The van der Waals surface area contributed by atoms with E-state index < -0.39 is 17.3 Å². The Morgan fingerprint density at radius 3 is 2.23 bits per heavy atom. The number of rotatable bonds is 2. The highest BCUT2D eigenvalue weighted by Crippen LogP contribution is 2.45. The van der Waals surface area contributed by atoms with Crippen molar-refractivity contribution in [3.05, 3.63) is 101 Å². The minimum atomic E-state index is -4.49. The Morgan fingerprint density at radius 1 is 0.808 bits per heavy atom. The van der Waals surface area contributed by atoms with Crippen LogP contribution in [0.25, 0.3) is 0 Å². The summed E-state index contributed by atoms with van der Waals surface area (Å²) in [5, 5.41) is 11.6. The summed E-state index contributed by atoms with van der Waals surface area (Å²) in [5.74, 6) is 0. The Labute approximate surface area is 148 Å². The van der Waals surface area contributed by atoms with Gasteiger partial charge in [-0.1, -0.05) is 60.7 Å². The molecule has 0 aliphatic carbocycles. The van der Waals surface area contributed by atoms with Crippen molar-refractivity contribution in [3.8, 4) is 0 Å². The van der Waals surface area contributed by atoms with Crippen LogP contribution in [0.1, 0.15) is 22.3 Å². The number of hydrogen-bond acceptors (Lipinski definition) is 2. The van der Waals surface area contributed by atoms with Gasteiger partial charge in [-0.3, -0.25) is 0 Å². The summed E-state index contributed by atoms with van der Waals surface area (Å²) in [4.78, 5) is 4.53. The molecule has 26 heavy (non-hydrogen) atoms. The van der Waals surface area contributed by atoms with Crippen molar-refractivity contribution in [2.24, 2.45) is 4.99 Å². The highest BCUT2D eigenvalue weighted by atomic mass is 19.4. The van der Waals surface area contributed by atoms with Crippen molar-refractivity contribution in [2.75, 3.05) is 0 Å². The normalized spacial score (nSPS) is 19.2. The molecule has 0 radical (unpaired) electrons. The van der Waals surface area contributed by atoms with Crippen molar-refractivity contribution < 1.29 is 18.3 Å². The predicted molar refractivity (Wildman–Crippen MR) is 93.5 cm³/mol. The van der Waals surface area contributed by atoms with Gasteiger partial charge >= 0.3 is 6.18 Å². The van der Waals surface area contributed by atoms with E-state index >= 15 is 0 Å². The van der Waals surface area contributed by atoms with E-state index in [1.807, 2.05) is 6.07 Å². The molecule has 0 amide bonds. The molecule has 0 spiro atoms. The maximum Gasteiger partial charge on any atom is 0.416 e. The maximum absolute atomic E-state index is 13.2. The molecule has 0 bridgehead atoms. The first-order valence-corrected chi connectivity index (χ1v) is 8.05. The maximum atomic E-state index is 13.2. The zero-order valence-corrected chi connectivity index (χ0v) is 13.5. The van der Waals surface area contributed by atoms with Crippen LogP contribution in [-0.2, 0) is 11.8 Å². The van der Waals surface area contributed by atoms with E-state index in [9.17, 15) is 18.3 Å². The molecular weight excluding hydrogens is 339 g/mol. The fourth-order valence-electron chi connectivity index (χ4n) is 3.29. The van der Waals surface area contributed by atoms with E-state index in [2.05, 4.69) is 4.99 Å². The number of halogens is 3. The number of benzene rings is 3. The average Bonchev–Trinajstić information content (AvgIpc) is 2.96. The predicted octanol–water partition coefficient (Wildman–Crippen LogP) is 5.08. The third-order valence-electron chi connectivity index (χ3n) is 4.52. The number of aliphatic imine (C=N–C) groups is 1. The summed E-state index contributed by atoms with van der Waals surface area (Å²) in [7, 11) is 0. The zero-order chi connectivity index (χ0) is 18.4. The highest BCUT2D eigenvalue weighted by Gasteiger charge is 2.45. The van der Waals surface area contributed by atoms with Crippen LogP contribution < -0.4 is 0 Å². The fraction of sp³-hybridized carbons (Fsp3) is 0.0952. The molecule has 1 aliphatic heterocycles. The van der Waals surface area contributed by atoms with Crippen LogP contribution in [0.15, 0.2) is 83.9 Å². The van der Waals surface area contributed by atoms with Gasteiger partial charge in [-0.05, 0) is 29.3 Å². The highest BCUT2D eigenvalue weighted by molar-refractivity contribution is 6.13. The molecule has 3 aromatic carbocycles. The van der Waals surface area contributed by atoms with Crippen molar-refractivity contribution >= 4 is 11.4 Å². The Balaban J connectivity index is 1.96.